The van der Waals surface area contributed by atoms with E-state index >= 15 is 0 Å². The third-order valence-corrected chi connectivity index (χ3v) is 8.18. The van der Waals surface area contributed by atoms with Crippen molar-refractivity contribution >= 4 is 32.3 Å². The van der Waals surface area contributed by atoms with Crippen LogP contribution in [0.5, 0.6) is 11.5 Å². The van der Waals surface area contributed by atoms with E-state index in [9.17, 15) is 0 Å². The third kappa shape index (κ3) is 2.43. The Hall–Kier alpha value is -4.88. The lowest BCUT2D eigenvalue weighted by molar-refractivity contribution is 0.487. The van der Waals surface area contributed by atoms with E-state index in [1.807, 2.05) is 6.07 Å². The lowest BCUT2D eigenvalue weighted by Crippen LogP contribution is -1.98. The van der Waals surface area contributed by atoms with E-state index in [0.717, 1.165) is 17.1 Å². The number of rotatable bonds is 1. The molecule has 7 aromatic rings. The van der Waals surface area contributed by atoms with Gasteiger partial charge in [0.2, 0.25) is 0 Å². The highest BCUT2D eigenvalue weighted by Gasteiger charge is 2.28. The van der Waals surface area contributed by atoms with Crippen LogP contribution in [-0.4, -0.2) is 0 Å². The molecule has 1 heterocycles. The zero-order valence-corrected chi connectivity index (χ0v) is 20.0. The van der Waals surface area contributed by atoms with E-state index in [1.54, 1.807) is 0 Å². The summed E-state index contributed by atoms with van der Waals surface area (Å²) in [5, 5.41) is 7.62. The summed E-state index contributed by atoms with van der Waals surface area (Å²) in [5.41, 5.74) is 10.3. The molecule has 0 atom stereocenters. The molecule has 37 heavy (non-hydrogen) atoms. The van der Waals surface area contributed by atoms with Crippen molar-refractivity contribution in [3.8, 4) is 56.0 Å². The van der Waals surface area contributed by atoms with Crippen LogP contribution in [0.4, 0.5) is 0 Å². The molecule has 0 N–H and O–H groups in total. The molecule has 0 radical (unpaired) electrons. The van der Waals surface area contributed by atoms with Gasteiger partial charge in [-0.15, -0.1) is 0 Å². The van der Waals surface area contributed by atoms with Gasteiger partial charge in [-0.3, -0.25) is 0 Å². The normalized spacial score (nSPS) is 12.5. The molecule has 170 valence electrons. The minimum Gasteiger partial charge on any atom is -0.456 e. The first-order valence-corrected chi connectivity index (χ1v) is 12.8. The van der Waals surface area contributed by atoms with Crippen LogP contribution in [0, 0.1) is 0 Å². The summed E-state index contributed by atoms with van der Waals surface area (Å²) in [6.07, 6.45) is 0. The summed E-state index contributed by atoms with van der Waals surface area (Å²) in [4.78, 5) is 0. The Bertz CT molecular complexity index is 2110. The standard InChI is InChI=1S/C36H20O/c1-2-11-23-22(8-1)20-30-27-13-5-9-21-10-6-16-29(33(21)27)36(30)35(23)28-18-19-32-34-25(14-7-15-26(28)34)24-12-3-4-17-31(24)37-32/h1-20H. The topological polar surface area (TPSA) is 9.23 Å². The Kier molecular flexibility index (Phi) is 3.59. The summed E-state index contributed by atoms with van der Waals surface area (Å²) in [6.45, 7) is 0. The lowest BCUT2D eigenvalue weighted by Gasteiger charge is -2.23. The molecule has 0 bridgehead atoms. The molecule has 0 aromatic heterocycles. The summed E-state index contributed by atoms with van der Waals surface area (Å²) < 4.78 is 6.42. The van der Waals surface area contributed by atoms with Gasteiger partial charge < -0.3 is 4.74 Å². The van der Waals surface area contributed by atoms with Crippen molar-refractivity contribution in [1.29, 1.82) is 0 Å². The van der Waals surface area contributed by atoms with E-state index in [4.69, 9.17) is 4.74 Å². The van der Waals surface area contributed by atoms with Crippen LogP contribution in [0.1, 0.15) is 0 Å². The van der Waals surface area contributed by atoms with E-state index in [1.165, 1.54) is 71.3 Å². The smallest absolute Gasteiger partial charge is 0.135 e. The highest BCUT2D eigenvalue weighted by molar-refractivity contribution is 6.24. The molecule has 0 fully saturated rings. The maximum absolute atomic E-state index is 6.42. The maximum Gasteiger partial charge on any atom is 0.135 e. The van der Waals surface area contributed by atoms with Gasteiger partial charge in [0, 0.05) is 10.9 Å². The zero-order chi connectivity index (χ0) is 24.1. The molecule has 0 spiro atoms. The van der Waals surface area contributed by atoms with Gasteiger partial charge >= 0.3 is 0 Å². The summed E-state index contributed by atoms with van der Waals surface area (Å²) in [5.74, 6) is 1.85. The lowest BCUT2D eigenvalue weighted by atomic mass is 9.84. The molecule has 1 nitrogen and oxygen atoms in total. The highest BCUT2D eigenvalue weighted by atomic mass is 16.5. The van der Waals surface area contributed by atoms with E-state index in [0.29, 0.717) is 0 Å². The second kappa shape index (κ2) is 6.87. The first-order valence-electron chi connectivity index (χ1n) is 12.8. The van der Waals surface area contributed by atoms with Gasteiger partial charge in [0.25, 0.3) is 0 Å². The van der Waals surface area contributed by atoms with Crippen molar-refractivity contribution in [2.75, 3.05) is 0 Å². The molecule has 1 aliphatic carbocycles. The van der Waals surface area contributed by atoms with Crippen LogP contribution in [0.3, 0.4) is 0 Å². The van der Waals surface area contributed by atoms with Crippen molar-refractivity contribution in [1.82, 2.24) is 0 Å². The van der Waals surface area contributed by atoms with Crippen LogP contribution in [-0.2, 0) is 0 Å². The summed E-state index contributed by atoms with van der Waals surface area (Å²) in [7, 11) is 0. The number of benzene rings is 7. The van der Waals surface area contributed by atoms with Gasteiger partial charge in [-0.25, -0.2) is 0 Å². The number of ether oxygens (including phenoxy) is 1. The molecule has 1 heteroatoms. The second-order valence-electron chi connectivity index (χ2n) is 10.0. The molecule has 2 aliphatic rings. The van der Waals surface area contributed by atoms with Crippen molar-refractivity contribution in [3.63, 3.8) is 0 Å². The van der Waals surface area contributed by atoms with Crippen LogP contribution in [0.15, 0.2) is 121 Å². The Morgan fingerprint density at radius 1 is 0.351 bits per heavy atom. The largest absolute Gasteiger partial charge is 0.456 e. The van der Waals surface area contributed by atoms with E-state index in [2.05, 4.69) is 115 Å². The van der Waals surface area contributed by atoms with Gasteiger partial charge in [-0.2, -0.15) is 0 Å². The first-order chi connectivity index (χ1) is 18.4. The molecule has 1 aliphatic heterocycles. The summed E-state index contributed by atoms with van der Waals surface area (Å²) >= 11 is 0. The van der Waals surface area contributed by atoms with Gasteiger partial charge in [0.1, 0.15) is 11.5 Å². The average molecular weight is 469 g/mol. The summed E-state index contributed by atoms with van der Waals surface area (Å²) in [6, 6.07) is 44.0. The molecule has 9 rings (SSSR count). The van der Waals surface area contributed by atoms with Gasteiger partial charge in [0.15, 0.2) is 0 Å². The fourth-order valence-electron chi connectivity index (χ4n) is 6.69. The molecular weight excluding hydrogens is 448 g/mol. The second-order valence-corrected chi connectivity index (χ2v) is 10.0. The van der Waals surface area contributed by atoms with Crippen molar-refractivity contribution in [2.45, 2.75) is 0 Å². The van der Waals surface area contributed by atoms with Crippen molar-refractivity contribution in [2.24, 2.45) is 0 Å². The monoisotopic (exact) mass is 468 g/mol. The van der Waals surface area contributed by atoms with Crippen LogP contribution >= 0.6 is 0 Å². The van der Waals surface area contributed by atoms with Crippen LogP contribution in [0.2, 0.25) is 0 Å². The number of hydrogen-bond acceptors (Lipinski definition) is 1. The Labute approximate surface area is 214 Å². The predicted molar refractivity (Wildman–Crippen MR) is 154 cm³/mol. The Morgan fingerprint density at radius 3 is 1.95 bits per heavy atom. The van der Waals surface area contributed by atoms with Crippen LogP contribution in [0.25, 0.3) is 76.8 Å². The minimum atomic E-state index is 0.920. The Morgan fingerprint density at radius 2 is 1.03 bits per heavy atom. The van der Waals surface area contributed by atoms with E-state index in [-0.39, 0.29) is 0 Å². The molecule has 0 saturated carbocycles. The van der Waals surface area contributed by atoms with Gasteiger partial charge in [-0.1, -0.05) is 97.1 Å². The molecule has 0 unspecified atom stereocenters. The average Bonchev–Trinajstić information content (AvgIpc) is 3.27. The quantitative estimate of drug-likeness (QED) is 0.233. The predicted octanol–water partition coefficient (Wildman–Crippen LogP) is 10.2. The number of hydrogen-bond donors (Lipinski definition) is 0. The molecular formula is C36H20O. The Balaban J connectivity index is 1.46. The molecule has 0 saturated heterocycles. The first kappa shape index (κ1) is 19.3. The minimum absolute atomic E-state index is 0.920. The fourth-order valence-corrected chi connectivity index (χ4v) is 6.69. The highest BCUT2D eigenvalue weighted by Crippen LogP contribution is 2.55. The number of para-hydroxylation sites is 1. The van der Waals surface area contributed by atoms with Gasteiger partial charge in [0.05, 0.1) is 0 Å². The van der Waals surface area contributed by atoms with Crippen molar-refractivity contribution in [3.05, 3.63) is 121 Å². The zero-order valence-electron chi connectivity index (χ0n) is 20.0. The number of fused-ring (bicyclic) bond motifs is 6. The van der Waals surface area contributed by atoms with E-state index < -0.39 is 0 Å². The fraction of sp³-hybridized carbons (Fsp3) is 0. The molecule has 0 amide bonds. The van der Waals surface area contributed by atoms with Crippen molar-refractivity contribution < 1.29 is 4.74 Å². The molecule has 7 aromatic carbocycles. The van der Waals surface area contributed by atoms with Crippen LogP contribution < -0.4 is 4.74 Å². The van der Waals surface area contributed by atoms with Gasteiger partial charge in [-0.05, 0) is 90.1 Å². The SMILES string of the molecule is c1ccc2c(c1)Oc1ccc(-c3c4c(cc5ccccc35)-c3cccc5cccc-4c35)c3cccc-2c13. The maximum atomic E-state index is 6.42. The third-order valence-electron chi connectivity index (χ3n) is 8.18.